The number of aromatic nitrogens is 2. The van der Waals surface area contributed by atoms with E-state index in [0.717, 1.165) is 0 Å². The number of hydrogen-bond acceptors (Lipinski definition) is 9. The highest BCUT2D eigenvalue weighted by molar-refractivity contribution is 7.91. The molecular weight excluding hydrogens is 620 g/mol. The van der Waals surface area contributed by atoms with E-state index in [0.29, 0.717) is 21.7 Å². The van der Waals surface area contributed by atoms with Crippen LogP contribution in [0.2, 0.25) is 5.02 Å². The molecule has 0 bridgehead atoms. The predicted octanol–water partition coefficient (Wildman–Crippen LogP) is 4.62. The lowest BCUT2D eigenvalue weighted by Gasteiger charge is -2.27. The molecule has 2 N–H and O–H groups in total. The summed E-state index contributed by atoms with van der Waals surface area (Å²) >= 11 is 6.05. The number of nitrogens with zero attached hydrogens (tertiary/aromatic N) is 3. The van der Waals surface area contributed by atoms with Crippen molar-refractivity contribution in [3.05, 3.63) is 58.4 Å². The molecule has 15 heteroatoms. The Morgan fingerprint density at radius 1 is 1.23 bits per heavy atom. The van der Waals surface area contributed by atoms with Crippen molar-refractivity contribution in [3.8, 4) is 11.5 Å². The quantitative estimate of drug-likeness (QED) is 0.404. The number of aryl methyl sites for hydroxylation is 1. The maximum atomic E-state index is 14.0. The zero-order valence-electron chi connectivity index (χ0n) is 24.5. The fourth-order valence-corrected chi connectivity index (χ4v) is 6.97. The van der Waals surface area contributed by atoms with Crippen molar-refractivity contribution in [2.45, 2.75) is 69.0 Å². The van der Waals surface area contributed by atoms with E-state index >= 15 is 0 Å². The van der Waals surface area contributed by atoms with Crippen LogP contribution in [0.4, 0.5) is 19.3 Å². The minimum atomic E-state index is -4.14. The van der Waals surface area contributed by atoms with Crippen LogP contribution in [0, 0.1) is 6.92 Å². The number of anilines is 1. The van der Waals surface area contributed by atoms with Crippen molar-refractivity contribution >= 4 is 39.1 Å². The van der Waals surface area contributed by atoms with Gasteiger partial charge in [0.2, 0.25) is 11.8 Å². The van der Waals surface area contributed by atoms with Gasteiger partial charge in [0, 0.05) is 23.6 Å². The maximum absolute atomic E-state index is 14.0. The van der Waals surface area contributed by atoms with Crippen LogP contribution in [0.15, 0.2) is 45.7 Å². The molecule has 11 nitrogen and oxygen atoms in total. The van der Waals surface area contributed by atoms with E-state index < -0.39 is 64.0 Å². The van der Waals surface area contributed by atoms with Gasteiger partial charge in [-0.25, -0.2) is 22.0 Å². The molecule has 2 aromatic carbocycles. The smallest absolute Gasteiger partial charge is 0.408 e. The molecule has 2 aliphatic heterocycles. The van der Waals surface area contributed by atoms with Crippen LogP contribution in [-0.2, 0) is 25.9 Å². The molecule has 0 radical (unpaired) electrons. The highest BCUT2D eigenvalue weighted by atomic mass is 35.5. The maximum Gasteiger partial charge on any atom is 0.408 e. The molecule has 5 rings (SSSR count). The summed E-state index contributed by atoms with van der Waals surface area (Å²) in [6.07, 6.45) is -1.40. The number of fused-ring (bicyclic) bond motifs is 1. The molecule has 1 saturated heterocycles. The van der Waals surface area contributed by atoms with Crippen LogP contribution in [-0.4, -0.2) is 67.0 Å². The van der Waals surface area contributed by atoms with Gasteiger partial charge < -0.3 is 24.7 Å². The molecule has 2 amide bonds. The van der Waals surface area contributed by atoms with Crippen molar-refractivity contribution in [2.75, 3.05) is 23.7 Å². The third-order valence-electron chi connectivity index (χ3n) is 7.17. The van der Waals surface area contributed by atoms with Crippen LogP contribution in [0.5, 0.6) is 0 Å². The Hall–Kier alpha value is -3.62. The summed E-state index contributed by atoms with van der Waals surface area (Å²) < 4.78 is 66.6. The standard InChI is InChI=1S/C29H32ClF2N5O6S/c1-16-9-23-22(10-20(16)25-36-35-24(42-25)18-11-29(31,32)15-33-12-18)37(13-17-5-7-19(30)8-6-17)26(38)21(14-44(23,40)41)34-27(39)43-28(2,3)4/h5-10,18,21,33H,11-15H2,1-4H3,(H,34,39)/t18?,21-/m0/s1. The number of nitrogens with one attached hydrogen (secondary N) is 2. The van der Waals surface area contributed by atoms with Crippen molar-refractivity contribution in [2.24, 2.45) is 0 Å². The third kappa shape index (κ3) is 7.02. The average molecular weight is 652 g/mol. The van der Waals surface area contributed by atoms with Crippen LogP contribution in [0.1, 0.15) is 50.1 Å². The Bertz CT molecular complexity index is 1690. The lowest BCUT2D eigenvalue weighted by molar-refractivity contribution is -0.120. The number of rotatable bonds is 5. The summed E-state index contributed by atoms with van der Waals surface area (Å²) in [4.78, 5) is 27.8. The first-order chi connectivity index (χ1) is 20.5. The second-order valence-electron chi connectivity index (χ2n) is 12.0. The number of sulfone groups is 1. The Kier molecular flexibility index (Phi) is 8.46. The molecule has 3 aromatic rings. The number of carbonyl (C=O) groups is 2. The van der Waals surface area contributed by atoms with E-state index in [1.165, 1.54) is 17.0 Å². The fraction of sp³-hybridized carbons (Fsp3) is 0.448. The molecule has 1 unspecified atom stereocenters. The van der Waals surface area contributed by atoms with E-state index in [4.69, 9.17) is 20.8 Å². The van der Waals surface area contributed by atoms with Gasteiger partial charge in [-0.3, -0.25) is 4.79 Å². The molecule has 0 aliphatic carbocycles. The van der Waals surface area contributed by atoms with E-state index in [9.17, 15) is 26.8 Å². The van der Waals surface area contributed by atoms with Crippen molar-refractivity contribution in [1.82, 2.24) is 20.8 Å². The van der Waals surface area contributed by atoms with Crippen molar-refractivity contribution in [1.29, 1.82) is 0 Å². The normalized spacial score (nSPS) is 21.3. The largest absolute Gasteiger partial charge is 0.444 e. The average Bonchev–Trinajstić information content (AvgIpc) is 3.38. The lowest BCUT2D eigenvalue weighted by atomic mass is 9.97. The number of hydrogen-bond donors (Lipinski definition) is 2. The molecule has 3 heterocycles. The second kappa shape index (κ2) is 11.7. The highest BCUT2D eigenvalue weighted by Gasteiger charge is 2.41. The minimum Gasteiger partial charge on any atom is -0.444 e. The topological polar surface area (TPSA) is 144 Å². The van der Waals surface area contributed by atoms with Crippen LogP contribution in [0.3, 0.4) is 0 Å². The number of amides is 2. The fourth-order valence-electron chi connectivity index (χ4n) is 5.15. The van der Waals surface area contributed by atoms with Gasteiger partial charge in [0.15, 0.2) is 9.84 Å². The second-order valence-corrected chi connectivity index (χ2v) is 14.4. The molecule has 0 spiro atoms. The van der Waals surface area contributed by atoms with Gasteiger partial charge in [0.05, 0.1) is 35.3 Å². The molecular formula is C29H32ClF2N5O6S. The Balaban J connectivity index is 1.57. The van der Waals surface area contributed by atoms with E-state index in [-0.39, 0.29) is 35.5 Å². The van der Waals surface area contributed by atoms with Gasteiger partial charge >= 0.3 is 6.09 Å². The highest BCUT2D eigenvalue weighted by Crippen LogP contribution is 2.39. The first-order valence-electron chi connectivity index (χ1n) is 13.9. The predicted molar refractivity (Wildman–Crippen MR) is 157 cm³/mol. The van der Waals surface area contributed by atoms with Crippen LogP contribution in [0.25, 0.3) is 11.5 Å². The van der Waals surface area contributed by atoms with E-state index in [1.54, 1.807) is 52.0 Å². The van der Waals surface area contributed by atoms with Gasteiger partial charge in [-0.05, 0) is 63.1 Å². The number of ether oxygens (including phenoxy) is 1. The number of alkyl halides is 2. The van der Waals surface area contributed by atoms with E-state index in [1.807, 2.05) is 0 Å². The molecule has 1 fully saturated rings. The SMILES string of the molecule is Cc1cc2c(cc1-c1nnc(C3CNCC(F)(F)C3)o1)N(Cc1ccc(Cl)cc1)C(=O)[C@@H](NC(=O)OC(C)(C)C)CS2(=O)=O. The van der Waals surface area contributed by atoms with Crippen molar-refractivity contribution < 1.29 is 35.9 Å². The first-order valence-corrected chi connectivity index (χ1v) is 15.9. The number of carbonyl (C=O) groups excluding carboxylic acids is 2. The first kappa shape index (κ1) is 31.8. The molecule has 2 atom stereocenters. The molecule has 44 heavy (non-hydrogen) atoms. The third-order valence-corrected chi connectivity index (χ3v) is 9.19. The van der Waals surface area contributed by atoms with Crippen molar-refractivity contribution in [3.63, 3.8) is 0 Å². The number of alkyl carbamates (subject to hydrolysis) is 1. The summed E-state index contributed by atoms with van der Waals surface area (Å²) in [5.74, 6) is -5.04. The zero-order chi connectivity index (χ0) is 32.0. The van der Waals surface area contributed by atoms with Gasteiger partial charge in [-0.1, -0.05) is 23.7 Å². The molecule has 0 saturated carbocycles. The lowest BCUT2D eigenvalue weighted by Crippen LogP contribution is -2.51. The summed E-state index contributed by atoms with van der Waals surface area (Å²) in [6.45, 7) is 6.29. The number of benzene rings is 2. The van der Waals surface area contributed by atoms with E-state index in [2.05, 4.69) is 20.8 Å². The summed E-state index contributed by atoms with van der Waals surface area (Å²) in [5, 5.41) is 13.6. The summed E-state index contributed by atoms with van der Waals surface area (Å²) in [6, 6.07) is 8.05. The zero-order valence-corrected chi connectivity index (χ0v) is 26.1. The Labute approximate surface area is 258 Å². The van der Waals surface area contributed by atoms with Gasteiger partial charge in [0.1, 0.15) is 11.6 Å². The minimum absolute atomic E-state index is 0.0156. The van der Waals surface area contributed by atoms with Crippen LogP contribution >= 0.6 is 11.6 Å². The molecule has 236 valence electrons. The summed E-state index contributed by atoms with van der Waals surface area (Å²) in [7, 11) is -4.14. The van der Waals surface area contributed by atoms with Gasteiger partial charge in [0.25, 0.3) is 11.8 Å². The molecule has 1 aromatic heterocycles. The van der Waals surface area contributed by atoms with Gasteiger partial charge in [-0.2, -0.15) is 0 Å². The summed E-state index contributed by atoms with van der Waals surface area (Å²) in [5.41, 5.74) is 0.538. The van der Waals surface area contributed by atoms with Crippen LogP contribution < -0.4 is 15.5 Å². The Morgan fingerprint density at radius 3 is 2.59 bits per heavy atom. The number of piperidine rings is 1. The number of halogens is 3. The molecule has 2 aliphatic rings. The van der Waals surface area contributed by atoms with Gasteiger partial charge in [-0.15, -0.1) is 10.2 Å². The monoisotopic (exact) mass is 651 g/mol. The Morgan fingerprint density at radius 2 is 1.93 bits per heavy atom.